The zero-order valence-electron chi connectivity index (χ0n) is 13.6. The number of hydrogen-bond donors (Lipinski definition) is 0. The molecule has 3 rings (SSSR count). The van der Waals surface area contributed by atoms with E-state index in [1.807, 2.05) is 0 Å². The topological polar surface area (TPSA) is 66.7 Å². The largest absolute Gasteiger partial charge is 0.445 e. The number of aromatic nitrogens is 1. The summed E-state index contributed by atoms with van der Waals surface area (Å²) in [6.07, 6.45) is 2.87. The van der Waals surface area contributed by atoms with Crippen LogP contribution in [0.15, 0.2) is 34.9 Å². The van der Waals surface area contributed by atoms with Crippen LogP contribution >= 0.6 is 0 Å². The molecule has 1 aliphatic heterocycles. The number of halogens is 1. The predicted molar refractivity (Wildman–Crippen MR) is 87.2 cm³/mol. The van der Waals surface area contributed by atoms with Crippen LogP contribution in [0.25, 0.3) is 0 Å². The van der Waals surface area contributed by atoms with E-state index < -0.39 is 10.2 Å². The monoisotopic (exact) mass is 353 g/mol. The first-order valence-corrected chi connectivity index (χ1v) is 9.12. The van der Waals surface area contributed by atoms with Crippen molar-refractivity contribution in [2.24, 2.45) is 0 Å². The van der Waals surface area contributed by atoms with Crippen molar-refractivity contribution in [2.45, 2.75) is 18.8 Å². The highest BCUT2D eigenvalue weighted by molar-refractivity contribution is 7.86. The first kappa shape index (κ1) is 17.1. The molecule has 1 aromatic carbocycles. The molecule has 2 aromatic rings. The Morgan fingerprint density at radius 3 is 2.71 bits per heavy atom. The normalized spacial score (nSPS) is 19.2. The first-order valence-electron chi connectivity index (χ1n) is 7.73. The minimum Gasteiger partial charge on any atom is -0.445 e. The SMILES string of the molecule is CN(C)S(=O)(=O)N1CC[C@@H](c2ncc(Cc3ccc(F)cc3)o2)C1. The summed E-state index contributed by atoms with van der Waals surface area (Å²) in [5.41, 5.74) is 0.933. The average Bonchev–Trinajstić information content (AvgIpc) is 3.18. The number of benzene rings is 1. The van der Waals surface area contributed by atoms with Crippen LogP contribution in [0.2, 0.25) is 0 Å². The van der Waals surface area contributed by atoms with Gasteiger partial charge in [0.05, 0.1) is 12.1 Å². The van der Waals surface area contributed by atoms with Crippen LogP contribution in [-0.2, 0) is 16.6 Å². The van der Waals surface area contributed by atoms with Gasteiger partial charge in [-0.05, 0) is 24.1 Å². The molecule has 0 saturated carbocycles. The van der Waals surface area contributed by atoms with E-state index in [1.165, 1.54) is 34.8 Å². The molecule has 6 nitrogen and oxygen atoms in total. The van der Waals surface area contributed by atoms with E-state index in [0.29, 0.717) is 37.6 Å². The van der Waals surface area contributed by atoms with E-state index in [0.717, 1.165) is 5.56 Å². The van der Waals surface area contributed by atoms with Gasteiger partial charge in [-0.1, -0.05) is 12.1 Å². The van der Waals surface area contributed by atoms with Gasteiger partial charge in [0.25, 0.3) is 10.2 Å². The lowest BCUT2D eigenvalue weighted by molar-refractivity contribution is 0.400. The lowest BCUT2D eigenvalue weighted by atomic mass is 10.1. The third kappa shape index (κ3) is 3.50. The average molecular weight is 353 g/mol. The van der Waals surface area contributed by atoms with Crippen LogP contribution in [-0.4, -0.2) is 49.2 Å². The van der Waals surface area contributed by atoms with Crippen LogP contribution in [0.4, 0.5) is 4.39 Å². The highest BCUT2D eigenvalue weighted by atomic mass is 32.2. The van der Waals surface area contributed by atoms with Gasteiger partial charge in [0.2, 0.25) is 0 Å². The number of nitrogens with zero attached hydrogens (tertiary/aromatic N) is 3. The molecule has 0 aliphatic carbocycles. The zero-order valence-corrected chi connectivity index (χ0v) is 14.5. The smallest absolute Gasteiger partial charge is 0.281 e. The van der Waals surface area contributed by atoms with Crippen molar-refractivity contribution in [3.05, 3.63) is 53.5 Å². The molecule has 8 heteroatoms. The Bertz CT molecular complexity index is 802. The zero-order chi connectivity index (χ0) is 17.3. The van der Waals surface area contributed by atoms with Gasteiger partial charge >= 0.3 is 0 Å². The van der Waals surface area contributed by atoms with Gasteiger partial charge in [0.1, 0.15) is 11.6 Å². The summed E-state index contributed by atoms with van der Waals surface area (Å²) in [4.78, 5) is 4.30. The molecule has 0 unspecified atom stereocenters. The van der Waals surface area contributed by atoms with Gasteiger partial charge in [0.15, 0.2) is 5.89 Å². The van der Waals surface area contributed by atoms with E-state index >= 15 is 0 Å². The molecule has 1 saturated heterocycles. The highest BCUT2D eigenvalue weighted by Crippen LogP contribution is 2.29. The summed E-state index contributed by atoms with van der Waals surface area (Å²) in [5.74, 6) is 0.931. The molecule has 0 amide bonds. The van der Waals surface area contributed by atoms with Crippen LogP contribution in [0, 0.1) is 5.82 Å². The van der Waals surface area contributed by atoms with Crippen LogP contribution < -0.4 is 0 Å². The third-order valence-corrected chi connectivity index (χ3v) is 6.06. The molecule has 0 spiro atoms. The molecule has 0 radical (unpaired) electrons. The molecule has 0 N–H and O–H groups in total. The molecule has 1 fully saturated rings. The van der Waals surface area contributed by atoms with Crippen molar-refractivity contribution in [2.75, 3.05) is 27.2 Å². The maximum absolute atomic E-state index is 12.9. The summed E-state index contributed by atoms with van der Waals surface area (Å²) in [5, 5.41) is 0. The molecular weight excluding hydrogens is 333 g/mol. The second-order valence-corrected chi connectivity index (χ2v) is 8.24. The fraction of sp³-hybridized carbons (Fsp3) is 0.438. The van der Waals surface area contributed by atoms with Crippen LogP contribution in [0.1, 0.15) is 29.6 Å². The van der Waals surface area contributed by atoms with Crippen molar-refractivity contribution in [1.82, 2.24) is 13.6 Å². The molecular formula is C16H20FN3O3S. The van der Waals surface area contributed by atoms with Crippen molar-refractivity contribution >= 4 is 10.2 Å². The van der Waals surface area contributed by atoms with E-state index in [4.69, 9.17) is 4.42 Å². The molecule has 1 aliphatic rings. The summed E-state index contributed by atoms with van der Waals surface area (Å²) in [7, 11) is -0.357. The lowest BCUT2D eigenvalue weighted by Gasteiger charge is -2.20. The van der Waals surface area contributed by atoms with Crippen molar-refractivity contribution in [1.29, 1.82) is 0 Å². The Kier molecular flexibility index (Phi) is 4.71. The number of oxazole rings is 1. The van der Waals surface area contributed by atoms with Crippen LogP contribution in [0.5, 0.6) is 0 Å². The van der Waals surface area contributed by atoms with Gasteiger partial charge in [-0.25, -0.2) is 9.37 Å². The van der Waals surface area contributed by atoms with Gasteiger partial charge in [-0.3, -0.25) is 0 Å². The standard InChI is InChI=1S/C16H20FN3O3S/c1-19(2)24(21,22)20-8-7-13(11-20)16-18-10-15(23-16)9-12-3-5-14(17)6-4-12/h3-6,10,13H,7-9,11H2,1-2H3/t13-/m1/s1. The highest BCUT2D eigenvalue weighted by Gasteiger charge is 2.35. The van der Waals surface area contributed by atoms with Gasteiger partial charge in [-0.15, -0.1) is 0 Å². The Morgan fingerprint density at radius 2 is 2.04 bits per heavy atom. The van der Waals surface area contributed by atoms with E-state index in [-0.39, 0.29) is 11.7 Å². The van der Waals surface area contributed by atoms with Crippen molar-refractivity contribution in [3.63, 3.8) is 0 Å². The molecule has 2 heterocycles. The van der Waals surface area contributed by atoms with E-state index in [1.54, 1.807) is 18.3 Å². The van der Waals surface area contributed by atoms with Gasteiger partial charge in [0, 0.05) is 33.6 Å². The maximum Gasteiger partial charge on any atom is 0.281 e. The molecule has 0 bridgehead atoms. The molecule has 1 aromatic heterocycles. The van der Waals surface area contributed by atoms with Crippen molar-refractivity contribution in [3.8, 4) is 0 Å². The van der Waals surface area contributed by atoms with Crippen molar-refractivity contribution < 1.29 is 17.2 Å². The number of rotatable bonds is 5. The van der Waals surface area contributed by atoms with Gasteiger partial charge < -0.3 is 4.42 Å². The quantitative estimate of drug-likeness (QED) is 0.825. The molecule has 130 valence electrons. The summed E-state index contributed by atoms with van der Waals surface area (Å²) < 4.78 is 45.7. The maximum atomic E-state index is 12.9. The lowest BCUT2D eigenvalue weighted by Crippen LogP contribution is -2.38. The Hall–Kier alpha value is -1.77. The van der Waals surface area contributed by atoms with E-state index in [2.05, 4.69) is 4.98 Å². The summed E-state index contributed by atoms with van der Waals surface area (Å²) >= 11 is 0. The van der Waals surface area contributed by atoms with E-state index in [9.17, 15) is 12.8 Å². The van der Waals surface area contributed by atoms with Gasteiger partial charge in [-0.2, -0.15) is 17.0 Å². The Balaban J connectivity index is 1.67. The second kappa shape index (κ2) is 6.62. The minimum atomic E-state index is -3.40. The summed E-state index contributed by atoms with van der Waals surface area (Å²) in [6.45, 7) is 0.831. The third-order valence-electron chi connectivity index (χ3n) is 4.15. The molecule has 24 heavy (non-hydrogen) atoms. The first-order chi connectivity index (χ1) is 11.4. The predicted octanol–water partition coefficient (Wildman–Crippen LogP) is 2.00. The minimum absolute atomic E-state index is 0.0401. The fourth-order valence-electron chi connectivity index (χ4n) is 2.77. The fourth-order valence-corrected chi connectivity index (χ4v) is 3.93. The second-order valence-electron chi connectivity index (χ2n) is 6.10. The summed E-state index contributed by atoms with van der Waals surface area (Å²) in [6, 6.07) is 6.23. The Morgan fingerprint density at radius 1 is 1.33 bits per heavy atom. The van der Waals surface area contributed by atoms with Crippen LogP contribution in [0.3, 0.4) is 0 Å². The molecule has 1 atom stereocenters. The number of hydrogen-bond acceptors (Lipinski definition) is 4. The Labute approximate surface area is 141 Å².